The van der Waals surface area contributed by atoms with Crippen LogP contribution in [0.4, 0.5) is 0 Å². The van der Waals surface area contributed by atoms with Gasteiger partial charge in [-0.2, -0.15) is 0 Å². The summed E-state index contributed by atoms with van der Waals surface area (Å²) in [6, 6.07) is 1.75. The standard InChI is InChI=1S/C11H17N3O2/c1-12-10(9-3-5-16-7-9)6-14-8-13-4-2-11(14)15/h2,4,8-10,12H,3,5-7H2,1H3. The average Bonchev–Trinajstić information content (AvgIpc) is 2.81. The van der Waals surface area contributed by atoms with Gasteiger partial charge in [0, 0.05) is 37.4 Å². The number of rotatable bonds is 4. The van der Waals surface area contributed by atoms with Crippen LogP contribution in [0, 0.1) is 5.92 Å². The normalized spacial score (nSPS) is 22.2. The van der Waals surface area contributed by atoms with E-state index in [1.807, 2.05) is 7.05 Å². The molecule has 1 saturated heterocycles. The topological polar surface area (TPSA) is 56.2 Å². The SMILES string of the molecule is CNC(Cn1cnccc1=O)C1CCOC1. The molecule has 2 rings (SSSR count). The Hall–Kier alpha value is -1.20. The van der Waals surface area contributed by atoms with Crippen molar-refractivity contribution in [3.63, 3.8) is 0 Å². The molecule has 1 N–H and O–H groups in total. The molecule has 1 aliphatic rings. The monoisotopic (exact) mass is 223 g/mol. The minimum absolute atomic E-state index is 0.00540. The first-order valence-corrected chi connectivity index (χ1v) is 5.56. The van der Waals surface area contributed by atoms with Gasteiger partial charge in [0.1, 0.15) is 0 Å². The van der Waals surface area contributed by atoms with E-state index in [1.165, 1.54) is 12.3 Å². The van der Waals surface area contributed by atoms with E-state index in [0.29, 0.717) is 12.5 Å². The van der Waals surface area contributed by atoms with Crippen LogP contribution in [0.25, 0.3) is 0 Å². The molecule has 1 aromatic heterocycles. The van der Waals surface area contributed by atoms with E-state index < -0.39 is 0 Å². The van der Waals surface area contributed by atoms with Gasteiger partial charge in [-0.1, -0.05) is 0 Å². The third kappa shape index (κ3) is 2.48. The molecular formula is C11H17N3O2. The van der Waals surface area contributed by atoms with Gasteiger partial charge >= 0.3 is 0 Å². The highest BCUT2D eigenvalue weighted by atomic mass is 16.5. The molecule has 1 aliphatic heterocycles. The van der Waals surface area contributed by atoms with Crippen LogP contribution >= 0.6 is 0 Å². The Morgan fingerprint density at radius 1 is 1.75 bits per heavy atom. The zero-order valence-electron chi connectivity index (χ0n) is 9.43. The zero-order chi connectivity index (χ0) is 11.4. The summed E-state index contributed by atoms with van der Waals surface area (Å²) >= 11 is 0. The Bertz CT molecular complexity index is 385. The van der Waals surface area contributed by atoms with Crippen LogP contribution in [0.15, 0.2) is 23.4 Å². The molecule has 0 bridgehead atoms. The molecule has 0 aliphatic carbocycles. The van der Waals surface area contributed by atoms with Gasteiger partial charge in [-0.05, 0) is 13.5 Å². The van der Waals surface area contributed by atoms with Crippen LogP contribution < -0.4 is 10.9 Å². The number of ether oxygens (including phenoxy) is 1. The molecule has 2 heterocycles. The van der Waals surface area contributed by atoms with Gasteiger partial charge in [-0.25, -0.2) is 4.98 Å². The molecule has 0 spiro atoms. The van der Waals surface area contributed by atoms with Crippen LogP contribution in [-0.2, 0) is 11.3 Å². The molecule has 5 heteroatoms. The predicted molar refractivity (Wildman–Crippen MR) is 60.3 cm³/mol. The summed E-state index contributed by atoms with van der Waals surface area (Å²) < 4.78 is 7.00. The van der Waals surface area contributed by atoms with Gasteiger partial charge in [0.15, 0.2) is 0 Å². The lowest BCUT2D eigenvalue weighted by atomic mass is 9.99. The Kier molecular flexibility index (Phi) is 3.69. The summed E-state index contributed by atoms with van der Waals surface area (Å²) in [5, 5.41) is 3.25. The van der Waals surface area contributed by atoms with Crippen LogP contribution in [0.2, 0.25) is 0 Å². The average molecular weight is 223 g/mol. The second-order valence-electron chi connectivity index (χ2n) is 4.09. The minimum atomic E-state index is -0.00540. The summed E-state index contributed by atoms with van der Waals surface area (Å²) in [5.74, 6) is 0.483. The van der Waals surface area contributed by atoms with E-state index in [1.54, 1.807) is 10.9 Å². The van der Waals surface area contributed by atoms with E-state index in [-0.39, 0.29) is 11.6 Å². The van der Waals surface area contributed by atoms with Crippen molar-refractivity contribution in [2.75, 3.05) is 20.3 Å². The fourth-order valence-electron chi connectivity index (χ4n) is 2.07. The smallest absolute Gasteiger partial charge is 0.253 e. The van der Waals surface area contributed by atoms with Crippen LogP contribution in [0.1, 0.15) is 6.42 Å². The van der Waals surface area contributed by atoms with Crippen molar-refractivity contribution >= 4 is 0 Å². The Morgan fingerprint density at radius 2 is 2.62 bits per heavy atom. The van der Waals surface area contributed by atoms with E-state index in [0.717, 1.165) is 19.6 Å². The molecule has 0 amide bonds. The van der Waals surface area contributed by atoms with Crippen molar-refractivity contribution < 1.29 is 4.74 Å². The highest BCUT2D eigenvalue weighted by Crippen LogP contribution is 2.17. The fraction of sp³-hybridized carbons (Fsp3) is 0.636. The van der Waals surface area contributed by atoms with E-state index in [2.05, 4.69) is 10.3 Å². The summed E-state index contributed by atoms with van der Waals surface area (Å²) in [6.07, 6.45) is 4.16. The molecule has 16 heavy (non-hydrogen) atoms. The molecular weight excluding hydrogens is 206 g/mol. The molecule has 2 atom stereocenters. The van der Waals surface area contributed by atoms with Crippen molar-refractivity contribution in [3.8, 4) is 0 Å². The number of aromatic nitrogens is 2. The first-order valence-electron chi connectivity index (χ1n) is 5.56. The van der Waals surface area contributed by atoms with Crippen molar-refractivity contribution in [2.45, 2.75) is 19.0 Å². The summed E-state index contributed by atoms with van der Waals surface area (Å²) in [7, 11) is 1.92. The highest BCUT2D eigenvalue weighted by Gasteiger charge is 2.24. The Labute approximate surface area is 94.5 Å². The molecule has 0 aromatic carbocycles. The summed E-state index contributed by atoms with van der Waals surface area (Å²) in [6.45, 7) is 2.25. The third-order valence-corrected chi connectivity index (χ3v) is 3.09. The zero-order valence-corrected chi connectivity index (χ0v) is 9.43. The number of nitrogens with one attached hydrogen (secondary N) is 1. The molecule has 0 saturated carbocycles. The predicted octanol–water partition coefficient (Wildman–Crippen LogP) is -0.132. The molecule has 1 aromatic rings. The number of hydrogen-bond acceptors (Lipinski definition) is 4. The third-order valence-electron chi connectivity index (χ3n) is 3.09. The maximum atomic E-state index is 11.5. The second-order valence-corrected chi connectivity index (χ2v) is 4.09. The molecule has 0 radical (unpaired) electrons. The summed E-state index contributed by atoms with van der Waals surface area (Å²) in [5.41, 5.74) is -0.00540. The number of nitrogens with zero attached hydrogens (tertiary/aromatic N) is 2. The largest absolute Gasteiger partial charge is 0.381 e. The van der Waals surface area contributed by atoms with E-state index in [9.17, 15) is 4.79 Å². The van der Waals surface area contributed by atoms with Crippen LogP contribution in [0.3, 0.4) is 0 Å². The first kappa shape index (κ1) is 11.3. The Balaban J connectivity index is 2.06. The van der Waals surface area contributed by atoms with Gasteiger partial charge in [-0.15, -0.1) is 0 Å². The van der Waals surface area contributed by atoms with Crippen LogP contribution in [0.5, 0.6) is 0 Å². The van der Waals surface area contributed by atoms with Crippen molar-refractivity contribution in [1.82, 2.24) is 14.9 Å². The molecule has 5 nitrogen and oxygen atoms in total. The fourth-order valence-corrected chi connectivity index (χ4v) is 2.07. The van der Waals surface area contributed by atoms with Gasteiger partial charge in [0.25, 0.3) is 5.56 Å². The highest BCUT2D eigenvalue weighted by molar-refractivity contribution is 4.85. The molecule has 1 fully saturated rings. The number of likely N-dealkylation sites (N-methyl/N-ethyl adjacent to an activating group) is 1. The summed E-state index contributed by atoms with van der Waals surface area (Å²) in [4.78, 5) is 15.5. The van der Waals surface area contributed by atoms with Crippen LogP contribution in [-0.4, -0.2) is 35.9 Å². The maximum absolute atomic E-state index is 11.5. The second kappa shape index (κ2) is 5.23. The minimum Gasteiger partial charge on any atom is -0.381 e. The quantitative estimate of drug-likeness (QED) is 0.772. The Morgan fingerprint density at radius 3 is 3.25 bits per heavy atom. The van der Waals surface area contributed by atoms with Crippen molar-refractivity contribution in [1.29, 1.82) is 0 Å². The van der Waals surface area contributed by atoms with Gasteiger partial charge in [0.2, 0.25) is 0 Å². The first-order chi connectivity index (χ1) is 7.81. The van der Waals surface area contributed by atoms with Gasteiger partial charge in [0.05, 0.1) is 12.9 Å². The lowest BCUT2D eigenvalue weighted by Crippen LogP contribution is -2.40. The van der Waals surface area contributed by atoms with Crippen molar-refractivity contribution in [2.24, 2.45) is 5.92 Å². The van der Waals surface area contributed by atoms with E-state index in [4.69, 9.17) is 4.74 Å². The molecule has 2 unspecified atom stereocenters. The molecule has 88 valence electrons. The van der Waals surface area contributed by atoms with Gasteiger partial charge < -0.3 is 10.1 Å². The number of hydrogen-bond donors (Lipinski definition) is 1. The lowest BCUT2D eigenvalue weighted by molar-refractivity contribution is 0.174. The van der Waals surface area contributed by atoms with Gasteiger partial charge in [-0.3, -0.25) is 9.36 Å². The maximum Gasteiger partial charge on any atom is 0.253 e. The lowest BCUT2D eigenvalue weighted by Gasteiger charge is -2.22. The van der Waals surface area contributed by atoms with Crippen molar-refractivity contribution in [3.05, 3.63) is 28.9 Å². The van der Waals surface area contributed by atoms with E-state index >= 15 is 0 Å².